The van der Waals surface area contributed by atoms with Crippen LogP contribution >= 0.6 is 23.1 Å². The van der Waals surface area contributed by atoms with Gasteiger partial charge < -0.3 is 4.74 Å². The van der Waals surface area contributed by atoms with Gasteiger partial charge in [-0.05, 0) is 56.5 Å². The molecule has 1 amide bonds. The number of hydrogen-bond acceptors (Lipinski definition) is 6. The van der Waals surface area contributed by atoms with Crippen LogP contribution in [0.5, 0.6) is 0 Å². The molecule has 0 aliphatic carbocycles. The second-order valence-corrected chi connectivity index (χ2v) is 10.9. The van der Waals surface area contributed by atoms with Crippen molar-refractivity contribution in [1.82, 2.24) is 9.88 Å². The minimum absolute atomic E-state index is 0.157. The molecule has 4 rings (SSSR count). The van der Waals surface area contributed by atoms with Crippen LogP contribution in [0.1, 0.15) is 29.5 Å². The van der Waals surface area contributed by atoms with Crippen molar-refractivity contribution in [2.45, 2.75) is 38.5 Å². The average molecular weight is 484 g/mol. The van der Waals surface area contributed by atoms with E-state index in [1.165, 1.54) is 21.6 Å². The SMILES string of the molecule is Cc1ccc(SCCC(=O)N(CCCN2CCOCC2)c2nc3c(C)cc(C)cc3s2)cc1. The maximum Gasteiger partial charge on any atom is 0.229 e. The predicted molar refractivity (Wildman–Crippen MR) is 140 cm³/mol. The number of ether oxygens (including phenoxy) is 1. The lowest BCUT2D eigenvalue weighted by molar-refractivity contribution is -0.118. The average Bonchev–Trinajstić information content (AvgIpc) is 3.22. The van der Waals surface area contributed by atoms with Crippen LogP contribution in [0, 0.1) is 20.8 Å². The number of rotatable bonds is 9. The number of aryl methyl sites for hydroxylation is 3. The van der Waals surface area contributed by atoms with Crippen molar-refractivity contribution in [3.63, 3.8) is 0 Å². The number of carbonyl (C=O) groups excluding carboxylic acids is 1. The molecule has 1 aliphatic heterocycles. The Morgan fingerprint density at radius 2 is 1.88 bits per heavy atom. The summed E-state index contributed by atoms with van der Waals surface area (Å²) < 4.78 is 6.61. The van der Waals surface area contributed by atoms with Crippen molar-refractivity contribution in [1.29, 1.82) is 0 Å². The van der Waals surface area contributed by atoms with Gasteiger partial charge in [-0.15, -0.1) is 11.8 Å². The lowest BCUT2D eigenvalue weighted by atomic mass is 10.1. The molecule has 0 bridgehead atoms. The fraction of sp³-hybridized carbons (Fsp3) is 0.462. The Labute approximate surface area is 205 Å². The minimum Gasteiger partial charge on any atom is -0.379 e. The lowest BCUT2D eigenvalue weighted by Crippen LogP contribution is -2.39. The molecule has 5 nitrogen and oxygen atoms in total. The third-order valence-corrected chi connectivity index (χ3v) is 7.96. The zero-order valence-electron chi connectivity index (χ0n) is 19.8. The maximum absolute atomic E-state index is 13.3. The molecule has 7 heteroatoms. The lowest BCUT2D eigenvalue weighted by Gasteiger charge is -2.27. The van der Waals surface area contributed by atoms with E-state index in [0.29, 0.717) is 13.0 Å². The maximum atomic E-state index is 13.3. The molecule has 0 unspecified atom stereocenters. The van der Waals surface area contributed by atoms with E-state index in [0.717, 1.165) is 60.4 Å². The third kappa shape index (κ3) is 6.57. The summed E-state index contributed by atoms with van der Waals surface area (Å²) in [5, 5.41) is 0.825. The molecule has 176 valence electrons. The second-order valence-electron chi connectivity index (χ2n) is 8.69. The van der Waals surface area contributed by atoms with Crippen molar-refractivity contribution < 1.29 is 9.53 Å². The predicted octanol–water partition coefficient (Wildman–Crippen LogP) is 5.46. The van der Waals surface area contributed by atoms with Crippen LogP contribution in [0.25, 0.3) is 10.2 Å². The standard InChI is InChI=1S/C26H33N3O2S2/c1-19-5-7-22(8-6-19)32-16-9-24(30)29(11-4-10-28-12-14-31-15-13-28)26-27-25-21(3)17-20(2)18-23(25)33-26/h5-8,17-18H,4,9-16H2,1-3H3. The Morgan fingerprint density at radius 3 is 2.64 bits per heavy atom. The van der Waals surface area contributed by atoms with Crippen molar-refractivity contribution >= 4 is 44.4 Å². The van der Waals surface area contributed by atoms with Gasteiger partial charge in [0.2, 0.25) is 5.91 Å². The van der Waals surface area contributed by atoms with E-state index in [1.807, 2.05) is 4.90 Å². The molecular formula is C26H33N3O2S2. The molecule has 1 aromatic heterocycles. The van der Waals surface area contributed by atoms with Gasteiger partial charge in [-0.25, -0.2) is 4.98 Å². The highest BCUT2D eigenvalue weighted by Gasteiger charge is 2.21. The molecule has 1 fully saturated rings. The molecule has 2 heterocycles. The Morgan fingerprint density at radius 1 is 1.12 bits per heavy atom. The first-order valence-electron chi connectivity index (χ1n) is 11.7. The Balaban J connectivity index is 1.44. The van der Waals surface area contributed by atoms with E-state index in [-0.39, 0.29) is 5.91 Å². The number of nitrogens with zero attached hydrogens (tertiary/aromatic N) is 3. The number of thioether (sulfide) groups is 1. The first kappa shape index (κ1) is 24.2. The van der Waals surface area contributed by atoms with Gasteiger partial charge in [0.25, 0.3) is 0 Å². The third-order valence-electron chi connectivity index (χ3n) is 5.92. The topological polar surface area (TPSA) is 45.7 Å². The zero-order valence-corrected chi connectivity index (χ0v) is 21.4. The Kier molecular flexibility index (Phi) is 8.41. The monoisotopic (exact) mass is 483 g/mol. The van der Waals surface area contributed by atoms with Gasteiger partial charge in [-0.1, -0.05) is 35.1 Å². The van der Waals surface area contributed by atoms with E-state index in [2.05, 4.69) is 62.1 Å². The van der Waals surface area contributed by atoms with Crippen molar-refractivity contribution in [3.8, 4) is 0 Å². The molecule has 0 saturated carbocycles. The summed E-state index contributed by atoms with van der Waals surface area (Å²) in [6, 6.07) is 12.8. The van der Waals surface area contributed by atoms with E-state index in [9.17, 15) is 4.79 Å². The summed E-state index contributed by atoms with van der Waals surface area (Å²) in [7, 11) is 0. The summed E-state index contributed by atoms with van der Waals surface area (Å²) in [5.74, 6) is 0.926. The number of thiazole rings is 1. The highest BCUT2D eigenvalue weighted by molar-refractivity contribution is 7.99. The van der Waals surface area contributed by atoms with E-state index >= 15 is 0 Å². The minimum atomic E-state index is 0.157. The van der Waals surface area contributed by atoms with E-state index < -0.39 is 0 Å². The van der Waals surface area contributed by atoms with Crippen LogP contribution in [0.3, 0.4) is 0 Å². The van der Waals surface area contributed by atoms with Gasteiger partial charge in [-0.2, -0.15) is 0 Å². The first-order chi connectivity index (χ1) is 16.0. The van der Waals surface area contributed by atoms with E-state index in [1.54, 1.807) is 23.1 Å². The number of fused-ring (bicyclic) bond motifs is 1. The number of anilines is 1. The zero-order chi connectivity index (χ0) is 23.2. The number of hydrogen-bond donors (Lipinski definition) is 0. The fourth-order valence-electron chi connectivity index (χ4n) is 4.10. The summed E-state index contributed by atoms with van der Waals surface area (Å²) in [5.41, 5.74) is 4.67. The normalized spacial score (nSPS) is 14.6. The molecule has 0 spiro atoms. The number of morpholine rings is 1. The van der Waals surface area contributed by atoms with Gasteiger partial charge in [-0.3, -0.25) is 14.6 Å². The van der Waals surface area contributed by atoms with Gasteiger partial charge >= 0.3 is 0 Å². The van der Waals surface area contributed by atoms with E-state index in [4.69, 9.17) is 9.72 Å². The Hall–Kier alpha value is -1.93. The van der Waals surface area contributed by atoms with Crippen LogP contribution in [-0.4, -0.2) is 60.9 Å². The number of benzene rings is 2. The summed E-state index contributed by atoms with van der Waals surface area (Å²) in [6.07, 6.45) is 1.44. The van der Waals surface area contributed by atoms with Crippen LogP contribution in [0.4, 0.5) is 5.13 Å². The second kappa shape index (κ2) is 11.5. The smallest absolute Gasteiger partial charge is 0.229 e. The number of carbonyl (C=O) groups is 1. The molecule has 2 aromatic carbocycles. The summed E-state index contributed by atoms with van der Waals surface area (Å²) >= 11 is 3.37. The van der Waals surface area contributed by atoms with Gasteiger partial charge in [0, 0.05) is 43.2 Å². The highest BCUT2D eigenvalue weighted by atomic mass is 32.2. The Bertz CT molecular complexity index is 1080. The number of amides is 1. The van der Waals surface area contributed by atoms with Crippen molar-refractivity contribution in [2.75, 3.05) is 50.0 Å². The molecular weight excluding hydrogens is 450 g/mol. The molecule has 33 heavy (non-hydrogen) atoms. The van der Waals surface area contributed by atoms with Crippen LogP contribution in [0.15, 0.2) is 41.3 Å². The summed E-state index contributed by atoms with van der Waals surface area (Å²) in [6.45, 7) is 11.5. The van der Waals surface area contributed by atoms with Crippen molar-refractivity contribution in [3.05, 3.63) is 53.1 Å². The quantitative estimate of drug-likeness (QED) is 0.378. The van der Waals surface area contributed by atoms with Crippen LogP contribution < -0.4 is 4.90 Å². The molecule has 0 atom stereocenters. The first-order valence-corrected chi connectivity index (χ1v) is 13.5. The van der Waals surface area contributed by atoms with Gasteiger partial charge in [0.05, 0.1) is 23.4 Å². The highest BCUT2D eigenvalue weighted by Crippen LogP contribution is 2.32. The van der Waals surface area contributed by atoms with Gasteiger partial charge in [0.15, 0.2) is 5.13 Å². The molecule has 0 N–H and O–H groups in total. The largest absolute Gasteiger partial charge is 0.379 e. The molecule has 1 aliphatic rings. The van der Waals surface area contributed by atoms with Crippen LogP contribution in [-0.2, 0) is 9.53 Å². The number of aromatic nitrogens is 1. The van der Waals surface area contributed by atoms with Gasteiger partial charge in [0.1, 0.15) is 0 Å². The molecule has 3 aromatic rings. The molecule has 0 radical (unpaired) electrons. The fourth-order valence-corrected chi connectivity index (χ4v) is 6.13. The van der Waals surface area contributed by atoms with Crippen LogP contribution in [0.2, 0.25) is 0 Å². The molecule has 1 saturated heterocycles. The summed E-state index contributed by atoms with van der Waals surface area (Å²) in [4.78, 5) is 23.8. The van der Waals surface area contributed by atoms with Crippen molar-refractivity contribution in [2.24, 2.45) is 0 Å².